The van der Waals surface area contributed by atoms with Crippen LogP contribution < -0.4 is 25.1 Å². The fourth-order valence-electron chi connectivity index (χ4n) is 4.76. The molecular formula is C34H27ClN4O6. The fourth-order valence-corrected chi connectivity index (χ4v) is 5.03. The van der Waals surface area contributed by atoms with Crippen LogP contribution in [0.2, 0.25) is 5.02 Å². The molecule has 0 saturated carbocycles. The molecule has 0 atom stereocenters. The van der Waals surface area contributed by atoms with Crippen molar-refractivity contribution in [2.24, 2.45) is 5.10 Å². The number of carbonyl (C=O) groups excluding carboxylic acids is 1. The smallest absolute Gasteiger partial charge is 0.282 e. The molecule has 2 heterocycles. The Kier molecular flexibility index (Phi) is 8.47. The average Bonchev–Trinajstić information content (AvgIpc) is 3.49. The molecule has 0 fully saturated rings. The minimum Gasteiger partial charge on any atom is -0.496 e. The zero-order valence-electron chi connectivity index (χ0n) is 24.3. The molecule has 10 nitrogen and oxygen atoms in total. The average molecular weight is 623 g/mol. The van der Waals surface area contributed by atoms with Gasteiger partial charge in [0, 0.05) is 5.69 Å². The van der Waals surface area contributed by atoms with Gasteiger partial charge in [-0.25, -0.2) is 4.98 Å². The molecule has 6 aromatic rings. The van der Waals surface area contributed by atoms with Crippen molar-refractivity contribution in [1.82, 2.24) is 9.66 Å². The highest BCUT2D eigenvalue weighted by Gasteiger charge is 2.19. The second-order valence-electron chi connectivity index (χ2n) is 9.76. The molecule has 0 aliphatic heterocycles. The van der Waals surface area contributed by atoms with Gasteiger partial charge in [-0.05, 0) is 67.1 Å². The Morgan fingerprint density at radius 2 is 1.78 bits per heavy atom. The second kappa shape index (κ2) is 12.9. The minimum absolute atomic E-state index is 0.198. The zero-order chi connectivity index (χ0) is 31.3. The highest BCUT2D eigenvalue weighted by molar-refractivity contribution is 6.32. The molecule has 11 heteroatoms. The van der Waals surface area contributed by atoms with E-state index in [0.29, 0.717) is 51.6 Å². The van der Waals surface area contributed by atoms with E-state index in [0.717, 1.165) is 5.39 Å². The van der Waals surface area contributed by atoms with Gasteiger partial charge in [-0.3, -0.25) is 9.59 Å². The maximum atomic E-state index is 13.7. The van der Waals surface area contributed by atoms with Gasteiger partial charge in [-0.15, -0.1) is 0 Å². The van der Waals surface area contributed by atoms with Gasteiger partial charge in [0.05, 0.1) is 41.2 Å². The van der Waals surface area contributed by atoms with Crippen molar-refractivity contribution in [2.45, 2.75) is 6.92 Å². The molecule has 6 rings (SSSR count). The Hall–Kier alpha value is -5.61. The highest BCUT2D eigenvalue weighted by Crippen LogP contribution is 2.37. The second-order valence-corrected chi connectivity index (χ2v) is 10.2. The number of nitrogens with one attached hydrogen (secondary N) is 1. The number of halogens is 1. The summed E-state index contributed by atoms with van der Waals surface area (Å²) in [4.78, 5) is 30.9. The predicted molar refractivity (Wildman–Crippen MR) is 174 cm³/mol. The lowest BCUT2D eigenvalue weighted by Crippen LogP contribution is -2.20. The molecule has 4 aromatic carbocycles. The van der Waals surface area contributed by atoms with Crippen molar-refractivity contribution in [3.63, 3.8) is 0 Å². The van der Waals surface area contributed by atoms with Crippen LogP contribution in [0, 0.1) is 0 Å². The number of hydrogen-bond donors (Lipinski definition) is 1. The van der Waals surface area contributed by atoms with Crippen LogP contribution in [0.5, 0.6) is 17.2 Å². The molecule has 1 N–H and O–H groups in total. The van der Waals surface area contributed by atoms with Crippen LogP contribution >= 0.6 is 11.6 Å². The minimum atomic E-state index is -0.389. The summed E-state index contributed by atoms with van der Waals surface area (Å²) in [5.41, 5.74) is 1.84. The van der Waals surface area contributed by atoms with Crippen LogP contribution in [0.4, 0.5) is 5.69 Å². The molecule has 0 saturated heterocycles. The van der Waals surface area contributed by atoms with E-state index in [1.54, 1.807) is 67.8 Å². The van der Waals surface area contributed by atoms with Gasteiger partial charge in [-0.2, -0.15) is 9.78 Å². The van der Waals surface area contributed by atoms with E-state index in [1.807, 2.05) is 37.3 Å². The van der Waals surface area contributed by atoms with Gasteiger partial charge in [-0.1, -0.05) is 48.0 Å². The van der Waals surface area contributed by atoms with E-state index in [9.17, 15) is 9.59 Å². The first kappa shape index (κ1) is 29.5. The van der Waals surface area contributed by atoms with Gasteiger partial charge in [0.25, 0.3) is 11.5 Å². The number of ether oxygens (including phenoxy) is 3. The molecule has 0 radical (unpaired) electrons. The molecule has 2 aromatic heterocycles. The number of fused-ring (bicyclic) bond motifs is 2. The summed E-state index contributed by atoms with van der Waals surface area (Å²) >= 11 is 6.60. The van der Waals surface area contributed by atoms with Crippen LogP contribution in [0.1, 0.15) is 12.5 Å². The van der Waals surface area contributed by atoms with Crippen LogP contribution in [0.25, 0.3) is 33.5 Å². The maximum absolute atomic E-state index is 13.7. The topological polar surface area (TPSA) is 117 Å². The summed E-state index contributed by atoms with van der Waals surface area (Å²) in [6, 6.07) is 26.5. The fraction of sp³-hybridized carbons (Fsp3) is 0.118. The van der Waals surface area contributed by atoms with Crippen molar-refractivity contribution in [3.8, 4) is 28.8 Å². The normalized spacial score (nSPS) is 11.3. The summed E-state index contributed by atoms with van der Waals surface area (Å²) in [6.45, 7) is 1.85. The molecule has 0 spiro atoms. The molecule has 45 heavy (non-hydrogen) atoms. The van der Waals surface area contributed by atoms with Gasteiger partial charge < -0.3 is 23.9 Å². The first-order valence-corrected chi connectivity index (χ1v) is 14.4. The lowest BCUT2D eigenvalue weighted by Gasteiger charge is -2.14. The van der Waals surface area contributed by atoms with Crippen molar-refractivity contribution in [2.75, 3.05) is 25.6 Å². The molecular weight excluding hydrogens is 596 g/mol. The number of anilines is 1. The number of furan rings is 1. The number of carbonyl (C=O) groups is 1. The zero-order valence-corrected chi connectivity index (χ0v) is 25.1. The number of benzene rings is 4. The Morgan fingerprint density at radius 1 is 0.978 bits per heavy atom. The number of rotatable bonds is 10. The molecule has 0 unspecified atom stereocenters. The van der Waals surface area contributed by atoms with E-state index >= 15 is 0 Å². The Morgan fingerprint density at radius 3 is 2.58 bits per heavy atom. The number of aromatic nitrogens is 2. The summed E-state index contributed by atoms with van der Waals surface area (Å²) < 4.78 is 24.3. The first-order valence-electron chi connectivity index (χ1n) is 14.0. The molecule has 0 aliphatic carbocycles. The maximum Gasteiger partial charge on any atom is 0.282 e. The van der Waals surface area contributed by atoms with E-state index in [-0.39, 0.29) is 34.7 Å². The lowest BCUT2D eigenvalue weighted by molar-refractivity contribution is -0.118. The summed E-state index contributed by atoms with van der Waals surface area (Å²) in [5.74, 6) is 1.32. The highest BCUT2D eigenvalue weighted by atomic mass is 35.5. The third-order valence-electron chi connectivity index (χ3n) is 6.77. The van der Waals surface area contributed by atoms with Gasteiger partial charge >= 0.3 is 0 Å². The SMILES string of the molecule is CCOc1cc(C=Nn2c(-c3cc4c(OC)cccc4o3)nc3ccccc3c2=O)cc(Cl)c1OCC(=O)Nc1ccccc1. The van der Waals surface area contributed by atoms with Crippen LogP contribution in [-0.2, 0) is 4.79 Å². The van der Waals surface area contributed by atoms with E-state index in [4.69, 9.17) is 35.2 Å². The van der Waals surface area contributed by atoms with E-state index in [2.05, 4.69) is 10.4 Å². The summed E-state index contributed by atoms with van der Waals surface area (Å²) in [5, 5.41) is 8.59. The third kappa shape index (κ3) is 6.22. The van der Waals surface area contributed by atoms with E-state index < -0.39 is 0 Å². The monoisotopic (exact) mass is 622 g/mol. The predicted octanol–water partition coefficient (Wildman–Crippen LogP) is 6.77. The number of para-hydroxylation sites is 2. The van der Waals surface area contributed by atoms with Crippen LogP contribution in [-0.4, -0.2) is 42.1 Å². The van der Waals surface area contributed by atoms with Gasteiger partial charge in [0.2, 0.25) is 5.82 Å². The van der Waals surface area contributed by atoms with E-state index in [1.165, 1.54) is 10.9 Å². The summed E-state index contributed by atoms with van der Waals surface area (Å²) in [6.07, 6.45) is 1.46. The quantitative estimate of drug-likeness (QED) is 0.168. The number of amides is 1. The van der Waals surface area contributed by atoms with Crippen molar-refractivity contribution < 1.29 is 23.4 Å². The van der Waals surface area contributed by atoms with Crippen LogP contribution in [0.3, 0.4) is 0 Å². The molecule has 0 aliphatic rings. The molecule has 0 bridgehead atoms. The van der Waals surface area contributed by atoms with Gasteiger partial charge in [0.1, 0.15) is 11.3 Å². The van der Waals surface area contributed by atoms with Gasteiger partial charge in [0.15, 0.2) is 23.9 Å². The number of hydrogen-bond acceptors (Lipinski definition) is 8. The van der Waals surface area contributed by atoms with Crippen LogP contribution in [0.15, 0.2) is 105 Å². The number of methoxy groups -OCH3 is 1. The third-order valence-corrected chi connectivity index (χ3v) is 7.06. The first-order chi connectivity index (χ1) is 21.9. The molecule has 1 amide bonds. The molecule has 226 valence electrons. The standard InChI is InChI=1S/C34H27ClN4O6/c1-3-43-29-17-21(16-25(35)32(29)44-20-31(40)37-22-10-5-4-6-11-22)19-36-39-33(38-26-13-8-7-12-23(26)34(39)41)30-18-24-27(42-2)14-9-15-28(24)45-30/h4-19H,3,20H2,1-2H3,(H,37,40). The lowest BCUT2D eigenvalue weighted by atomic mass is 10.2. The van der Waals surface area contributed by atoms with Crippen molar-refractivity contribution >= 4 is 51.3 Å². The number of nitrogens with zero attached hydrogens (tertiary/aromatic N) is 3. The Balaban J connectivity index is 1.35. The van der Waals surface area contributed by atoms with Crippen molar-refractivity contribution in [1.29, 1.82) is 0 Å². The Labute approximate surface area is 262 Å². The Bertz CT molecular complexity index is 2110. The summed E-state index contributed by atoms with van der Waals surface area (Å²) in [7, 11) is 1.58. The largest absolute Gasteiger partial charge is 0.496 e. The van der Waals surface area contributed by atoms with Crippen molar-refractivity contribution in [3.05, 3.63) is 112 Å².